The highest BCUT2D eigenvalue weighted by Crippen LogP contribution is 2.24. The summed E-state index contributed by atoms with van der Waals surface area (Å²) in [5.41, 5.74) is 51.8. The molecule has 788 valence electrons. The standard InChI is InChI=1S/C90H141N31O20S2/c91-35-5-3-17-58(110-72(125)60(20-9-38-104-86(96)97)112-77(130)65(45-50-26-31-55(122)32-27-50)117-81(134)69(49-143)120-79(132)67(47-52-25-30-53-14-1-2-15-54(53)44-52)116-75(128)59(19-8-37-103-85(94)95)109-71(124)57(93)16-7-40-106-88(100)139)74(127)114-63(18-4-6-36-92)83(136)121-43-13-24-70(121)82(135)118-66(46-51-28-33-56(123)34-29-51)78(131)113-61(21-10-41-107-89(101)140)73(126)111-62(22-11-42-108-90(102)141)76(129)119-68(48-142)80(133)115-64(84(137)138)23-12-39-105-87(98)99/h1-2,14-15,25-34,44,57-70,122-123,142-143H,3-13,16-24,35-43,45-49,91-93H2,(H,109,124)(H,110,125)(H,111,126)(H,112,130)(H,113,131)(H,114,127)(H,115,133)(H,116,128)(H,117,134)(H,118,135)(H,119,129)(H,120,132)(H,137,138)(H4,94,95,103)(H4,96,97,104)(H4,98,99,105)(H3,100,106,139)(H3,101,107,140)(H3,102,108,141)/t57-,58-,59-,60-,61-,62-,63+,64-,65-,66-,67-,68-,69-,70-/m0/s1. The molecule has 51 nitrogen and oxygen atoms in total. The fourth-order valence-electron chi connectivity index (χ4n) is 15.3. The van der Waals surface area contributed by atoms with Crippen LogP contribution in [-0.2, 0) is 86.4 Å². The van der Waals surface area contributed by atoms with Gasteiger partial charge in [0, 0.05) is 76.6 Å². The molecule has 0 aliphatic carbocycles. The Kier molecular flexibility index (Phi) is 53.3. The molecule has 1 saturated heterocycles. The molecule has 0 radical (unpaired) electrons. The summed E-state index contributed by atoms with van der Waals surface area (Å²) in [6, 6.07) is -0.0994. The van der Waals surface area contributed by atoms with Crippen molar-refractivity contribution in [3.8, 4) is 11.5 Å². The maximum Gasteiger partial charge on any atom is 0.326 e. The fourth-order valence-corrected chi connectivity index (χ4v) is 15.8. The molecule has 0 aromatic heterocycles. The highest BCUT2D eigenvalue weighted by molar-refractivity contribution is 7.80. The van der Waals surface area contributed by atoms with Gasteiger partial charge >= 0.3 is 24.1 Å². The van der Waals surface area contributed by atoms with Crippen LogP contribution in [0.3, 0.4) is 0 Å². The second kappa shape index (κ2) is 64.1. The summed E-state index contributed by atoms with van der Waals surface area (Å²) in [5.74, 6) is -16.0. The lowest BCUT2D eigenvalue weighted by molar-refractivity contribution is -0.142. The molecule has 5 rings (SSSR count). The van der Waals surface area contributed by atoms with E-state index in [4.69, 9.17) is 67.8 Å². The van der Waals surface area contributed by atoms with Crippen LogP contribution >= 0.6 is 25.3 Å². The van der Waals surface area contributed by atoms with Crippen molar-refractivity contribution >= 4 is 155 Å². The molecule has 19 amide bonds. The van der Waals surface area contributed by atoms with Crippen LogP contribution in [0.2, 0.25) is 0 Å². The quantitative estimate of drug-likeness (QED) is 0.00846. The second-order valence-electron chi connectivity index (χ2n) is 34.2. The molecular formula is C90H141N31O20S2. The maximum absolute atomic E-state index is 15.4. The van der Waals surface area contributed by atoms with E-state index in [2.05, 4.69) is 121 Å². The normalized spacial score (nSPS) is 14.8. The van der Waals surface area contributed by atoms with Crippen LogP contribution in [-0.4, -0.2) is 294 Å². The number of amides is 19. The van der Waals surface area contributed by atoms with Gasteiger partial charge in [0.15, 0.2) is 17.9 Å². The number of nitrogens with two attached hydrogens (primary N) is 9. The van der Waals surface area contributed by atoms with Gasteiger partial charge in [-0.3, -0.25) is 78.6 Å². The summed E-state index contributed by atoms with van der Waals surface area (Å²) in [7, 11) is 0. The first kappa shape index (κ1) is 119. The van der Waals surface area contributed by atoms with Gasteiger partial charge < -0.3 is 168 Å². The number of hydrogen-bond acceptors (Lipinski definition) is 27. The number of carbonyl (C=O) groups excluding carboxylic acids is 16. The number of thiol groups is 2. The molecule has 53 heteroatoms. The second-order valence-corrected chi connectivity index (χ2v) is 34.9. The number of nitrogens with zero attached hydrogens (tertiary/aromatic N) is 1. The number of carboxylic acid groups (broad SMARTS) is 1. The maximum atomic E-state index is 15.4. The van der Waals surface area contributed by atoms with Gasteiger partial charge in [-0.05, 0) is 193 Å². The summed E-state index contributed by atoms with van der Waals surface area (Å²) >= 11 is 8.67. The van der Waals surface area contributed by atoms with Crippen molar-refractivity contribution in [2.24, 2.45) is 51.6 Å². The van der Waals surface area contributed by atoms with Crippen LogP contribution < -0.4 is 147 Å². The number of hydrogen-bond donors (Lipinski definition) is 35. The third-order valence-electron chi connectivity index (χ3n) is 22.9. The van der Waals surface area contributed by atoms with Gasteiger partial charge in [0.1, 0.15) is 90.0 Å². The average molecular weight is 2040 g/mol. The Morgan fingerprint density at radius 2 is 0.636 bits per heavy atom. The minimum atomic E-state index is -1.64. The number of urea groups is 3. The molecule has 1 aliphatic heterocycles. The third kappa shape index (κ3) is 44.9. The highest BCUT2D eigenvalue weighted by atomic mass is 32.1. The van der Waals surface area contributed by atoms with Crippen molar-refractivity contribution in [3.63, 3.8) is 0 Å². The van der Waals surface area contributed by atoms with Crippen molar-refractivity contribution in [2.45, 2.75) is 232 Å². The number of fused-ring (bicyclic) bond motifs is 1. The van der Waals surface area contributed by atoms with Crippen molar-refractivity contribution < 1.29 is 96.8 Å². The van der Waals surface area contributed by atoms with E-state index in [-0.39, 0.29) is 217 Å². The van der Waals surface area contributed by atoms with Crippen LogP contribution in [0.1, 0.15) is 145 Å². The van der Waals surface area contributed by atoms with Gasteiger partial charge in [-0.15, -0.1) is 0 Å². The Morgan fingerprint density at radius 1 is 0.343 bits per heavy atom. The summed E-state index contributed by atoms with van der Waals surface area (Å²) in [6.07, 6.45) is -0.438. The molecule has 143 heavy (non-hydrogen) atoms. The number of benzene rings is 4. The number of phenols is 2. The smallest absolute Gasteiger partial charge is 0.326 e. The molecule has 1 heterocycles. The number of primary amides is 3. The Hall–Kier alpha value is -14.5. The lowest BCUT2D eigenvalue weighted by Crippen LogP contribution is -2.61. The lowest BCUT2D eigenvalue weighted by atomic mass is 10.00. The third-order valence-corrected chi connectivity index (χ3v) is 23.6. The van der Waals surface area contributed by atoms with E-state index in [9.17, 15) is 68.1 Å². The minimum absolute atomic E-state index is 0.00903. The van der Waals surface area contributed by atoms with Crippen molar-refractivity contribution in [1.29, 1.82) is 16.2 Å². The van der Waals surface area contributed by atoms with Crippen molar-refractivity contribution in [3.05, 3.63) is 108 Å². The number of carbonyl (C=O) groups is 17. The van der Waals surface area contributed by atoms with Gasteiger partial charge in [0.2, 0.25) is 76.8 Å². The van der Waals surface area contributed by atoms with Crippen molar-refractivity contribution in [2.75, 3.05) is 70.4 Å². The predicted octanol–water partition coefficient (Wildman–Crippen LogP) is -6.25. The first-order chi connectivity index (χ1) is 68.1. The number of carboxylic acids is 1. The fraction of sp³-hybridized carbons (Fsp3) is 0.533. The monoisotopic (exact) mass is 2040 g/mol. The Bertz CT molecular complexity index is 4940. The zero-order valence-electron chi connectivity index (χ0n) is 79.6. The highest BCUT2D eigenvalue weighted by Gasteiger charge is 2.42. The number of phenolic OH excluding ortho intramolecular Hbond substituents is 2. The summed E-state index contributed by atoms with van der Waals surface area (Å²) in [6.45, 7) is 0.113. The molecule has 14 atom stereocenters. The van der Waals surface area contributed by atoms with Gasteiger partial charge in [0.25, 0.3) is 0 Å². The topological polar surface area (TPSA) is 876 Å². The van der Waals surface area contributed by atoms with Crippen molar-refractivity contribution in [1.82, 2.24) is 101 Å². The van der Waals surface area contributed by atoms with Crippen LogP contribution in [0.5, 0.6) is 11.5 Å². The number of unbranched alkanes of at least 4 members (excludes halogenated alkanes) is 2. The van der Waals surface area contributed by atoms with E-state index in [0.29, 0.717) is 29.5 Å². The minimum Gasteiger partial charge on any atom is -0.508 e. The van der Waals surface area contributed by atoms with Crippen LogP contribution in [0.4, 0.5) is 14.4 Å². The first-order valence-electron chi connectivity index (χ1n) is 47.1. The van der Waals surface area contributed by atoms with Crippen LogP contribution in [0.15, 0.2) is 91.0 Å². The molecule has 0 saturated carbocycles. The van der Waals surface area contributed by atoms with E-state index < -0.39 is 203 Å². The van der Waals surface area contributed by atoms with E-state index in [0.717, 1.165) is 10.8 Å². The van der Waals surface area contributed by atoms with E-state index in [1.54, 1.807) is 24.3 Å². The molecule has 4 aromatic rings. The Morgan fingerprint density at radius 3 is 1.01 bits per heavy atom. The number of nitrogens with one attached hydrogen (secondary N) is 21. The molecule has 1 aliphatic rings. The average Bonchev–Trinajstić information content (AvgIpc) is 1.45. The van der Waals surface area contributed by atoms with Gasteiger partial charge in [-0.1, -0.05) is 66.7 Å². The summed E-state index contributed by atoms with van der Waals surface area (Å²) in [5, 5.41) is 102. The van der Waals surface area contributed by atoms with E-state index in [1.165, 1.54) is 53.4 Å². The molecule has 4 aromatic carbocycles. The lowest BCUT2D eigenvalue weighted by Gasteiger charge is -2.31. The van der Waals surface area contributed by atoms with Gasteiger partial charge in [-0.2, -0.15) is 25.3 Å². The molecule has 0 spiro atoms. The number of rotatable bonds is 66. The molecule has 42 N–H and O–H groups in total. The zero-order chi connectivity index (χ0) is 106. The molecule has 1 fully saturated rings. The number of likely N-dealkylation sites (tertiary alicyclic amines) is 1. The van der Waals surface area contributed by atoms with E-state index >= 15 is 28.8 Å². The van der Waals surface area contributed by atoms with E-state index in [1.807, 2.05) is 18.2 Å². The van der Waals surface area contributed by atoms with Crippen LogP contribution in [0.25, 0.3) is 10.8 Å². The Labute approximate surface area is 837 Å². The number of guanidine groups is 3. The number of aliphatic carboxylic acids is 1. The Balaban J connectivity index is 1.47. The molecule has 0 bridgehead atoms. The molecular weight excluding hydrogens is 1900 g/mol. The zero-order valence-corrected chi connectivity index (χ0v) is 81.4. The van der Waals surface area contributed by atoms with Gasteiger partial charge in [-0.25, -0.2) is 19.2 Å². The summed E-state index contributed by atoms with van der Waals surface area (Å²) in [4.78, 5) is 240. The number of aromatic hydroxyl groups is 2. The predicted molar refractivity (Wildman–Crippen MR) is 536 cm³/mol. The van der Waals surface area contributed by atoms with Gasteiger partial charge in [0.05, 0.1) is 6.04 Å². The largest absolute Gasteiger partial charge is 0.508 e. The first-order valence-corrected chi connectivity index (χ1v) is 48.3. The molecule has 0 unspecified atom stereocenters. The summed E-state index contributed by atoms with van der Waals surface area (Å²) < 4.78 is 0. The van der Waals surface area contributed by atoms with Crippen LogP contribution in [0, 0.1) is 16.2 Å². The SMILES string of the molecule is N=C(N)NCCC[C@H](NC(=O)[C@H](CS)NC(=O)[C@H](CCCNC(N)=O)NC(=O)[C@H](CCCNC(N)=O)NC(=O)[C@H](Cc1ccc(O)cc1)NC(=O)[C@@H]1CCCN1C(=O)[C@@H](CCCCN)NC(=O)[C@H](CCCCN)NC(=O)[C@H](CCCNC(=N)N)NC(=O)[C@H](Cc1ccc(O)cc1)NC(=O)[C@H](CS)NC(=O)[C@H](Cc1ccc2ccccc2c1)NC(=O)[C@H](CCCNC(=N)N)NC(=O)[C@@H](N)CCCNC(N)=O)C(=O)O.